The minimum atomic E-state index is -0.285. The second-order valence-corrected chi connectivity index (χ2v) is 7.68. The molecule has 0 N–H and O–H groups in total. The Hall–Kier alpha value is -3.10. The molecule has 5 heterocycles. The van der Waals surface area contributed by atoms with Crippen molar-refractivity contribution in [1.82, 2.24) is 19.9 Å². The lowest BCUT2D eigenvalue weighted by molar-refractivity contribution is 0.0490. The number of carbonyl (C=O) groups is 1. The van der Waals surface area contributed by atoms with Gasteiger partial charge in [0.25, 0.3) is 0 Å². The van der Waals surface area contributed by atoms with Gasteiger partial charge in [-0.3, -0.25) is 4.90 Å². The van der Waals surface area contributed by atoms with E-state index >= 15 is 0 Å². The number of hydrogen-bond donors (Lipinski definition) is 0. The molecule has 0 aliphatic carbocycles. The number of rotatable bonds is 4. The van der Waals surface area contributed by atoms with Crippen LogP contribution in [0.3, 0.4) is 0 Å². The summed E-state index contributed by atoms with van der Waals surface area (Å²) in [6, 6.07) is 3.81. The average molecular weight is 396 g/mol. The monoisotopic (exact) mass is 396 g/mol. The Labute approximate surface area is 169 Å². The largest absolute Gasteiger partial charge is 0.481 e. The van der Waals surface area contributed by atoms with Crippen molar-refractivity contribution < 1.29 is 14.3 Å². The summed E-state index contributed by atoms with van der Waals surface area (Å²) in [6.45, 7) is 6.27. The summed E-state index contributed by atoms with van der Waals surface area (Å²) in [5.41, 5.74) is 3.02. The number of fused-ring (bicyclic) bond motifs is 1. The number of methoxy groups -OCH3 is 1. The molecule has 0 saturated carbocycles. The maximum atomic E-state index is 12.7. The first kappa shape index (κ1) is 18.0. The number of ether oxygens (including phenoxy) is 2. The second kappa shape index (κ2) is 7.06. The lowest BCUT2D eigenvalue weighted by Gasteiger charge is -2.40. The van der Waals surface area contributed by atoms with Crippen LogP contribution in [0.5, 0.6) is 5.88 Å². The van der Waals surface area contributed by atoms with Crippen molar-refractivity contribution >= 4 is 17.6 Å². The topological polar surface area (TPSA) is 83.9 Å². The predicted octanol–water partition coefficient (Wildman–Crippen LogP) is 1.74. The summed E-state index contributed by atoms with van der Waals surface area (Å²) in [6.07, 6.45) is 2.50. The first-order chi connectivity index (χ1) is 14.1. The number of anilines is 2. The van der Waals surface area contributed by atoms with Gasteiger partial charge in [-0.25, -0.2) is 19.7 Å². The van der Waals surface area contributed by atoms with Gasteiger partial charge >= 0.3 is 6.09 Å². The van der Waals surface area contributed by atoms with Crippen LogP contribution in [0.2, 0.25) is 0 Å². The van der Waals surface area contributed by atoms with Gasteiger partial charge in [-0.1, -0.05) is 0 Å². The van der Waals surface area contributed by atoms with E-state index in [1.165, 1.54) is 6.42 Å². The molecule has 0 aromatic carbocycles. The fourth-order valence-electron chi connectivity index (χ4n) is 3.92. The SMILES string of the molecule is COc1cc(N2CC(OC(=O)N3Cc4nc(C)nc(N5CCC5)c4C3)C2)ccn1. The quantitative estimate of drug-likeness (QED) is 0.773. The molecule has 29 heavy (non-hydrogen) atoms. The van der Waals surface area contributed by atoms with Crippen LogP contribution in [0.4, 0.5) is 16.3 Å². The molecule has 0 unspecified atom stereocenters. The van der Waals surface area contributed by atoms with E-state index in [9.17, 15) is 4.79 Å². The Morgan fingerprint density at radius 1 is 1.17 bits per heavy atom. The Balaban J connectivity index is 1.19. The number of nitrogens with zero attached hydrogens (tertiary/aromatic N) is 6. The molecule has 0 atom stereocenters. The van der Waals surface area contributed by atoms with Gasteiger partial charge in [-0.2, -0.15) is 0 Å². The zero-order valence-electron chi connectivity index (χ0n) is 16.7. The zero-order chi connectivity index (χ0) is 20.0. The number of aromatic nitrogens is 3. The number of carbonyl (C=O) groups excluding carboxylic acids is 1. The second-order valence-electron chi connectivity index (χ2n) is 7.68. The predicted molar refractivity (Wildman–Crippen MR) is 106 cm³/mol. The van der Waals surface area contributed by atoms with Crippen LogP contribution in [0.25, 0.3) is 0 Å². The van der Waals surface area contributed by atoms with E-state index in [1.54, 1.807) is 18.2 Å². The Morgan fingerprint density at radius 3 is 2.72 bits per heavy atom. The van der Waals surface area contributed by atoms with Gasteiger partial charge in [-0.05, 0) is 19.4 Å². The van der Waals surface area contributed by atoms with E-state index < -0.39 is 0 Å². The van der Waals surface area contributed by atoms with Gasteiger partial charge in [0.2, 0.25) is 5.88 Å². The third-order valence-electron chi connectivity index (χ3n) is 5.69. The fraction of sp³-hybridized carbons (Fsp3) is 0.500. The van der Waals surface area contributed by atoms with Gasteiger partial charge < -0.3 is 19.3 Å². The Morgan fingerprint density at radius 2 is 2.00 bits per heavy atom. The molecule has 5 rings (SSSR count). The average Bonchev–Trinajstić information content (AvgIpc) is 3.07. The number of pyridine rings is 1. The highest BCUT2D eigenvalue weighted by Crippen LogP contribution is 2.32. The molecule has 0 spiro atoms. The van der Waals surface area contributed by atoms with Crippen molar-refractivity contribution in [3.63, 3.8) is 0 Å². The zero-order valence-corrected chi connectivity index (χ0v) is 16.7. The van der Waals surface area contributed by atoms with Crippen LogP contribution in [0, 0.1) is 6.92 Å². The highest BCUT2D eigenvalue weighted by Gasteiger charge is 2.36. The maximum absolute atomic E-state index is 12.7. The third kappa shape index (κ3) is 3.30. The van der Waals surface area contributed by atoms with Gasteiger partial charge in [0.1, 0.15) is 17.7 Å². The van der Waals surface area contributed by atoms with E-state index in [2.05, 4.69) is 24.8 Å². The summed E-state index contributed by atoms with van der Waals surface area (Å²) in [5, 5.41) is 0. The van der Waals surface area contributed by atoms with Gasteiger partial charge in [0, 0.05) is 36.6 Å². The molecule has 1 amide bonds. The first-order valence-electron chi connectivity index (χ1n) is 9.92. The van der Waals surface area contributed by atoms with Crippen LogP contribution < -0.4 is 14.5 Å². The van der Waals surface area contributed by atoms with Crippen molar-refractivity contribution in [3.8, 4) is 5.88 Å². The van der Waals surface area contributed by atoms with Crippen molar-refractivity contribution in [3.05, 3.63) is 35.4 Å². The van der Waals surface area contributed by atoms with Crippen molar-refractivity contribution in [2.75, 3.05) is 43.1 Å². The molecule has 0 bridgehead atoms. The minimum absolute atomic E-state index is 0.118. The molecule has 3 aliphatic heterocycles. The molecular formula is C20H24N6O3. The fourth-order valence-corrected chi connectivity index (χ4v) is 3.92. The molecule has 9 heteroatoms. The van der Waals surface area contributed by atoms with Gasteiger partial charge in [0.05, 0.1) is 39.0 Å². The summed E-state index contributed by atoms with van der Waals surface area (Å²) in [5.74, 6) is 2.31. The Kier molecular flexibility index (Phi) is 4.37. The summed E-state index contributed by atoms with van der Waals surface area (Å²) in [7, 11) is 1.60. The smallest absolute Gasteiger partial charge is 0.410 e. The molecule has 152 valence electrons. The molecule has 3 aliphatic rings. The van der Waals surface area contributed by atoms with E-state index in [-0.39, 0.29) is 12.2 Å². The van der Waals surface area contributed by atoms with Crippen molar-refractivity contribution in [2.45, 2.75) is 32.5 Å². The molecular weight excluding hydrogens is 372 g/mol. The Bertz CT molecular complexity index is 942. The number of aryl methyl sites for hydroxylation is 1. The number of hydrogen-bond acceptors (Lipinski definition) is 8. The van der Waals surface area contributed by atoms with Gasteiger partial charge in [0.15, 0.2) is 0 Å². The van der Waals surface area contributed by atoms with E-state index in [4.69, 9.17) is 9.47 Å². The normalized spacial score (nSPS) is 18.2. The van der Waals surface area contributed by atoms with Crippen molar-refractivity contribution in [2.24, 2.45) is 0 Å². The first-order valence-corrected chi connectivity index (χ1v) is 9.92. The standard InChI is InChI=1S/C20H24N6O3/c1-13-22-17-12-26(11-16(17)19(23-13)24-6-3-7-24)20(27)29-15-9-25(10-15)14-4-5-21-18(8-14)28-2/h4-5,8,15H,3,6-7,9-12H2,1-2H3. The molecule has 2 saturated heterocycles. The van der Waals surface area contributed by atoms with Gasteiger partial charge in [-0.15, -0.1) is 0 Å². The molecule has 0 radical (unpaired) electrons. The highest BCUT2D eigenvalue weighted by atomic mass is 16.6. The van der Waals surface area contributed by atoms with Crippen LogP contribution >= 0.6 is 0 Å². The summed E-state index contributed by atoms with van der Waals surface area (Å²) in [4.78, 5) is 32.1. The molecule has 2 fully saturated rings. The lowest BCUT2D eigenvalue weighted by atomic mass is 10.1. The summed E-state index contributed by atoms with van der Waals surface area (Å²) >= 11 is 0. The molecule has 2 aromatic rings. The summed E-state index contributed by atoms with van der Waals surface area (Å²) < 4.78 is 10.9. The molecule has 2 aromatic heterocycles. The lowest BCUT2D eigenvalue weighted by Crippen LogP contribution is -2.54. The van der Waals surface area contributed by atoms with Crippen LogP contribution in [-0.4, -0.2) is 65.3 Å². The van der Waals surface area contributed by atoms with E-state index in [0.29, 0.717) is 32.1 Å². The minimum Gasteiger partial charge on any atom is -0.481 e. The van der Waals surface area contributed by atoms with Crippen LogP contribution in [0.1, 0.15) is 23.5 Å². The van der Waals surface area contributed by atoms with Crippen LogP contribution in [0.15, 0.2) is 18.3 Å². The highest BCUT2D eigenvalue weighted by molar-refractivity contribution is 5.70. The van der Waals surface area contributed by atoms with Crippen molar-refractivity contribution in [1.29, 1.82) is 0 Å². The van der Waals surface area contributed by atoms with E-state index in [1.807, 2.05) is 19.1 Å². The molecule has 9 nitrogen and oxygen atoms in total. The third-order valence-corrected chi connectivity index (χ3v) is 5.69. The van der Waals surface area contributed by atoms with E-state index in [0.717, 1.165) is 41.7 Å². The number of amides is 1. The van der Waals surface area contributed by atoms with Crippen LogP contribution in [-0.2, 0) is 17.8 Å². The maximum Gasteiger partial charge on any atom is 0.410 e.